The molecule has 0 bridgehead atoms. The van der Waals surface area contributed by atoms with E-state index in [2.05, 4.69) is 27.9 Å². The third kappa shape index (κ3) is 8.28. The van der Waals surface area contributed by atoms with Gasteiger partial charge in [-0.1, -0.05) is 24.0 Å². The summed E-state index contributed by atoms with van der Waals surface area (Å²) in [7, 11) is 1.50. The number of nitrogens with two attached hydrogens (primary N) is 3. The number of hydrogen-bond acceptors (Lipinski definition) is 6. The van der Waals surface area contributed by atoms with Crippen molar-refractivity contribution in [1.29, 1.82) is 0 Å². The van der Waals surface area contributed by atoms with E-state index in [1.54, 1.807) is 31.2 Å². The highest BCUT2D eigenvalue weighted by atomic mass is 16.5. The topological polar surface area (TPSA) is 169 Å². The molecular formula is C22H28N6O3. The third-order valence-corrected chi connectivity index (χ3v) is 4.04. The average Bonchev–Trinajstić information content (AvgIpc) is 2.81. The van der Waals surface area contributed by atoms with E-state index in [-0.39, 0.29) is 0 Å². The van der Waals surface area contributed by atoms with Crippen molar-refractivity contribution in [3.05, 3.63) is 70.8 Å². The lowest BCUT2D eigenvalue weighted by Gasteiger charge is -2.20. The van der Waals surface area contributed by atoms with E-state index < -0.39 is 23.9 Å². The lowest BCUT2D eigenvalue weighted by atomic mass is 10.1. The van der Waals surface area contributed by atoms with Crippen LogP contribution in [0.25, 0.3) is 0 Å². The van der Waals surface area contributed by atoms with Gasteiger partial charge in [0.05, 0.1) is 12.9 Å². The number of nitrogens with one attached hydrogen (secondary N) is 2. The van der Waals surface area contributed by atoms with Gasteiger partial charge in [0.15, 0.2) is 0 Å². The maximum absolute atomic E-state index is 12.3. The molecule has 0 aromatic heterocycles. The minimum atomic E-state index is -1.05. The first-order valence-corrected chi connectivity index (χ1v) is 9.43. The minimum Gasteiger partial charge on any atom is -0.390 e. The van der Waals surface area contributed by atoms with Crippen molar-refractivity contribution in [2.45, 2.75) is 25.6 Å². The number of benzene rings is 2. The van der Waals surface area contributed by atoms with Crippen LogP contribution in [-0.4, -0.2) is 42.5 Å². The largest absolute Gasteiger partial charge is 0.390 e. The van der Waals surface area contributed by atoms with Gasteiger partial charge in [-0.3, -0.25) is 19.8 Å². The molecule has 0 heterocycles. The quantitative estimate of drug-likeness (QED) is 0.126. The number of carbonyl (C=O) groups is 2. The van der Waals surface area contributed by atoms with Crippen LogP contribution in [0, 0.1) is 11.8 Å². The van der Waals surface area contributed by atoms with Crippen LogP contribution in [-0.2, 0) is 11.3 Å². The second kappa shape index (κ2) is 13.5. The molecule has 2 aromatic rings. The Morgan fingerprint density at radius 3 is 2.03 bits per heavy atom. The Bertz CT molecular complexity index is 928. The molecule has 164 valence electrons. The van der Waals surface area contributed by atoms with Crippen LogP contribution in [0.2, 0.25) is 0 Å². The van der Waals surface area contributed by atoms with Crippen molar-refractivity contribution in [2.75, 3.05) is 7.05 Å². The summed E-state index contributed by atoms with van der Waals surface area (Å²) in [6, 6.07) is 12.6. The number of rotatable bonds is 6. The molecule has 0 radical (unpaired) electrons. The van der Waals surface area contributed by atoms with Gasteiger partial charge in [0.25, 0.3) is 11.8 Å². The fourth-order valence-electron chi connectivity index (χ4n) is 2.43. The van der Waals surface area contributed by atoms with Crippen LogP contribution >= 0.6 is 0 Å². The Kier molecular flexibility index (Phi) is 11.0. The molecule has 31 heavy (non-hydrogen) atoms. The molecule has 0 saturated carbocycles. The van der Waals surface area contributed by atoms with Gasteiger partial charge in [-0.15, -0.1) is 0 Å². The van der Waals surface area contributed by atoms with E-state index in [4.69, 9.17) is 16.7 Å². The zero-order valence-corrected chi connectivity index (χ0v) is 17.5. The lowest BCUT2D eigenvalue weighted by molar-refractivity contribution is -0.131. The molecule has 2 unspecified atom stereocenters. The third-order valence-electron chi connectivity index (χ3n) is 4.04. The first kappa shape index (κ1) is 25.3. The molecule has 0 aliphatic rings. The Labute approximate surface area is 181 Å². The summed E-state index contributed by atoms with van der Waals surface area (Å²) in [5, 5.41) is 11.2. The van der Waals surface area contributed by atoms with Gasteiger partial charge < -0.3 is 22.5 Å². The van der Waals surface area contributed by atoms with Gasteiger partial charge in [0.2, 0.25) is 0 Å². The molecule has 9 heteroatoms. The summed E-state index contributed by atoms with van der Waals surface area (Å²) in [4.78, 5) is 27.8. The normalized spacial score (nSPS) is 11.9. The van der Waals surface area contributed by atoms with E-state index in [1.807, 2.05) is 24.3 Å². The molecule has 9 N–H and O–H groups in total. The van der Waals surface area contributed by atoms with Gasteiger partial charge >= 0.3 is 0 Å². The second-order valence-corrected chi connectivity index (χ2v) is 6.30. The van der Waals surface area contributed by atoms with E-state index in [0.29, 0.717) is 12.1 Å². The highest BCUT2D eigenvalue weighted by Crippen LogP contribution is 2.07. The van der Waals surface area contributed by atoms with E-state index >= 15 is 0 Å². The number of hydroxylamine groups is 1. The van der Waals surface area contributed by atoms with Gasteiger partial charge in [-0.25, -0.2) is 5.48 Å². The van der Waals surface area contributed by atoms with Crippen LogP contribution in [0.15, 0.2) is 53.5 Å². The highest BCUT2D eigenvalue weighted by Gasteiger charge is 2.24. The zero-order valence-electron chi connectivity index (χ0n) is 17.5. The van der Waals surface area contributed by atoms with Crippen molar-refractivity contribution in [3.8, 4) is 11.8 Å². The van der Waals surface area contributed by atoms with Gasteiger partial charge in [-0.05, 0) is 55.9 Å². The first-order valence-electron chi connectivity index (χ1n) is 9.43. The summed E-state index contributed by atoms with van der Waals surface area (Å²) >= 11 is 0. The molecule has 0 saturated heterocycles. The molecule has 2 atom stereocenters. The highest BCUT2D eigenvalue weighted by molar-refractivity contribution is 5.97. The van der Waals surface area contributed by atoms with Crippen LogP contribution < -0.4 is 28.0 Å². The Hall–Kier alpha value is -3.71. The average molecular weight is 425 g/mol. The van der Waals surface area contributed by atoms with E-state index in [1.165, 1.54) is 18.9 Å². The van der Waals surface area contributed by atoms with E-state index in [9.17, 15) is 9.59 Å². The fourth-order valence-corrected chi connectivity index (χ4v) is 2.43. The summed E-state index contributed by atoms with van der Waals surface area (Å²) in [6.45, 7) is 2.08. The first-order chi connectivity index (χ1) is 14.9. The molecule has 0 fully saturated rings. The van der Waals surface area contributed by atoms with Crippen molar-refractivity contribution >= 4 is 18.2 Å². The van der Waals surface area contributed by atoms with Crippen molar-refractivity contribution < 1.29 is 14.8 Å². The zero-order chi connectivity index (χ0) is 23.2. The molecule has 2 aromatic carbocycles. The summed E-state index contributed by atoms with van der Waals surface area (Å²) in [5.74, 6) is 4.82. The predicted octanol–water partition coefficient (Wildman–Crippen LogP) is 0.0993. The number of aliphatic imine (C=N–C) groups is 1. The number of nitrogens with zero attached hydrogens (tertiary/aromatic N) is 1. The van der Waals surface area contributed by atoms with Crippen molar-refractivity contribution in [1.82, 2.24) is 10.8 Å². The summed E-state index contributed by atoms with van der Waals surface area (Å²) in [6.07, 6.45) is 1.27. The predicted molar refractivity (Wildman–Crippen MR) is 120 cm³/mol. The Morgan fingerprint density at radius 2 is 1.58 bits per heavy atom. The molecule has 0 aliphatic carbocycles. The molecule has 0 aliphatic heterocycles. The molecule has 0 spiro atoms. The van der Waals surface area contributed by atoms with Crippen LogP contribution in [0.1, 0.15) is 34.0 Å². The Morgan fingerprint density at radius 1 is 1.06 bits per heavy atom. The molecule has 2 rings (SSSR count). The number of hydrogen-bond donors (Lipinski definition) is 6. The van der Waals surface area contributed by atoms with Crippen LogP contribution in [0.5, 0.6) is 0 Å². The second-order valence-electron chi connectivity index (χ2n) is 6.30. The Balaban J connectivity index is 0.00000233. The number of amides is 2. The SMILES string of the molecule is CC(N)C(NC(=O)c1ccc(C#Cc2ccc(CN=CN)cc2)cc1)C(=O)NO.CN. The monoisotopic (exact) mass is 424 g/mol. The van der Waals surface area contributed by atoms with Crippen LogP contribution in [0.4, 0.5) is 0 Å². The smallest absolute Gasteiger partial charge is 0.267 e. The molecule has 9 nitrogen and oxygen atoms in total. The summed E-state index contributed by atoms with van der Waals surface area (Å²) < 4.78 is 0. The molecular weight excluding hydrogens is 396 g/mol. The van der Waals surface area contributed by atoms with Crippen LogP contribution in [0.3, 0.4) is 0 Å². The van der Waals surface area contributed by atoms with Gasteiger partial charge in [-0.2, -0.15) is 0 Å². The lowest BCUT2D eigenvalue weighted by Crippen LogP contribution is -2.54. The van der Waals surface area contributed by atoms with Crippen molar-refractivity contribution in [2.24, 2.45) is 22.2 Å². The molecule has 2 amide bonds. The van der Waals surface area contributed by atoms with Gasteiger partial charge in [0, 0.05) is 22.7 Å². The van der Waals surface area contributed by atoms with E-state index in [0.717, 1.165) is 16.7 Å². The standard InChI is InChI=1S/C21H23N5O3.CH5N/c1-14(23)19(21(28)26-29)25-20(27)18-10-8-16(9-11-18)3-2-15-4-6-17(7-5-15)12-24-13-22;1-2/h4-11,13-14,19,29H,12,23H2,1H3,(H2,22,24)(H,25,27)(H,26,28);2H2,1H3. The van der Waals surface area contributed by atoms with Crippen molar-refractivity contribution in [3.63, 3.8) is 0 Å². The summed E-state index contributed by atoms with van der Waals surface area (Å²) in [5.41, 5.74) is 19.9. The maximum Gasteiger partial charge on any atom is 0.267 e. The number of carbonyl (C=O) groups excluding carboxylic acids is 2. The van der Waals surface area contributed by atoms with Gasteiger partial charge in [0.1, 0.15) is 6.04 Å². The minimum absolute atomic E-state index is 0.344. The fraction of sp³-hybridized carbons (Fsp3) is 0.227. The maximum atomic E-state index is 12.3.